The Morgan fingerprint density at radius 3 is 2.41 bits per heavy atom. The van der Waals surface area contributed by atoms with Gasteiger partial charge in [-0.05, 0) is 56.5 Å². The van der Waals surface area contributed by atoms with Crippen LogP contribution in [0.3, 0.4) is 0 Å². The molecule has 3 nitrogen and oxygen atoms in total. The highest BCUT2D eigenvalue weighted by Gasteiger charge is 2.56. The van der Waals surface area contributed by atoms with Gasteiger partial charge in [0.05, 0.1) is 11.1 Å². The van der Waals surface area contributed by atoms with E-state index >= 15 is 8.63 Å². The first-order valence-electron chi connectivity index (χ1n) is 11.4. The van der Waals surface area contributed by atoms with Crippen LogP contribution in [0, 0.1) is 13.8 Å². The van der Waals surface area contributed by atoms with Crippen molar-refractivity contribution in [1.29, 1.82) is 0 Å². The number of allylic oxidation sites excluding steroid dienone is 2. The average molecular weight is 431 g/mol. The molecule has 0 radical (unpaired) electrons. The molecule has 2 aromatic heterocycles. The number of benzene rings is 1. The van der Waals surface area contributed by atoms with Crippen LogP contribution in [0.25, 0.3) is 16.5 Å². The first-order chi connectivity index (χ1) is 15.3. The van der Waals surface area contributed by atoms with Gasteiger partial charge in [-0.15, -0.1) is 0 Å². The number of hydrogen-bond acceptors (Lipinski definition) is 1. The van der Waals surface area contributed by atoms with Crippen LogP contribution in [-0.4, -0.2) is 26.6 Å². The maximum absolute atomic E-state index is 16.3. The normalized spacial score (nSPS) is 17.5. The Morgan fingerprint density at radius 2 is 1.72 bits per heavy atom. The summed E-state index contributed by atoms with van der Waals surface area (Å²) in [4.78, 5) is 4.67. The summed E-state index contributed by atoms with van der Waals surface area (Å²) in [6, 6.07) is 9.98. The van der Waals surface area contributed by atoms with Crippen molar-refractivity contribution < 1.29 is 13.1 Å². The second kappa shape index (κ2) is 6.99. The number of fused-ring (bicyclic) bond motifs is 3. The minimum Gasteiger partial charge on any atom is -0.393 e. The van der Waals surface area contributed by atoms with E-state index in [4.69, 9.17) is 0 Å². The quantitative estimate of drug-likeness (QED) is 0.438. The zero-order valence-electron chi connectivity index (χ0n) is 19.6. The number of para-hydroxylation sites is 1. The summed E-state index contributed by atoms with van der Waals surface area (Å²) in [6.45, 7) is 7.72. The summed E-state index contributed by atoms with van der Waals surface area (Å²) in [6.07, 6.45) is 3.22. The standard InChI is InChI=1S/C26H28BF2N3/c1-7-20-15(3)25-23(22-13-9-11-19-12-10-14-30-24(19)22)26-16(4)21(8-2)18(6)32(26)27(28,29)31(25)17(20)5/h9-14H,7-8H2,1-6H3. The molecule has 0 spiro atoms. The molecule has 0 saturated heterocycles. The smallest absolute Gasteiger partial charge is 0.393 e. The maximum Gasteiger partial charge on any atom is 0.737 e. The van der Waals surface area contributed by atoms with Gasteiger partial charge in [-0.3, -0.25) is 4.98 Å². The number of hydrogen-bond donors (Lipinski definition) is 0. The first kappa shape index (κ1) is 20.9. The molecule has 5 rings (SSSR count). The first-order valence-corrected chi connectivity index (χ1v) is 11.4. The molecule has 164 valence electrons. The van der Waals surface area contributed by atoms with Gasteiger partial charge >= 0.3 is 6.97 Å². The highest BCUT2D eigenvalue weighted by molar-refractivity contribution is 6.58. The molecule has 0 atom stereocenters. The Kier molecular flexibility index (Phi) is 4.56. The molecule has 2 aliphatic rings. The highest BCUT2D eigenvalue weighted by atomic mass is 19.2. The largest absolute Gasteiger partial charge is 0.737 e. The number of nitrogens with zero attached hydrogens (tertiary/aromatic N) is 3. The van der Waals surface area contributed by atoms with E-state index < -0.39 is 6.97 Å². The molecule has 32 heavy (non-hydrogen) atoms. The lowest BCUT2D eigenvalue weighted by Crippen LogP contribution is -2.51. The van der Waals surface area contributed by atoms with Gasteiger partial charge in [0, 0.05) is 40.9 Å². The molecule has 2 aliphatic heterocycles. The van der Waals surface area contributed by atoms with Gasteiger partial charge in [-0.25, -0.2) is 0 Å². The maximum atomic E-state index is 16.3. The molecule has 0 fully saturated rings. The summed E-state index contributed by atoms with van der Waals surface area (Å²) in [7, 11) is 0. The van der Waals surface area contributed by atoms with Gasteiger partial charge in [0.1, 0.15) is 5.71 Å². The molecule has 0 aliphatic carbocycles. The lowest BCUT2D eigenvalue weighted by atomic mass is 9.83. The molecule has 0 saturated carbocycles. The van der Waals surface area contributed by atoms with E-state index in [0.717, 1.165) is 57.2 Å². The highest BCUT2D eigenvalue weighted by Crippen LogP contribution is 2.47. The summed E-state index contributed by atoms with van der Waals surface area (Å²) in [5.74, 6) is 0. The van der Waals surface area contributed by atoms with Gasteiger partial charge in [0.2, 0.25) is 0 Å². The Labute approximate surface area is 187 Å². The lowest BCUT2D eigenvalue weighted by molar-refractivity contribution is -0.363. The fourth-order valence-electron chi connectivity index (χ4n) is 6.04. The van der Waals surface area contributed by atoms with Crippen LogP contribution in [0.5, 0.6) is 0 Å². The second-order valence-corrected chi connectivity index (χ2v) is 8.87. The van der Waals surface area contributed by atoms with E-state index in [1.54, 1.807) is 6.20 Å². The molecule has 1 aromatic carbocycles. The summed E-state index contributed by atoms with van der Waals surface area (Å²) >= 11 is 0. The van der Waals surface area contributed by atoms with Crippen molar-refractivity contribution in [2.75, 3.05) is 0 Å². The number of rotatable bonds is 3. The molecular formula is C26H28BF2N3. The molecule has 0 N–H and O–H groups in total. The number of halogens is 2. The monoisotopic (exact) mass is 431 g/mol. The van der Waals surface area contributed by atoms with Crippen LogP contribution in [0.4, 0.5) is 8.63 Å². The van der Waals surface area contributed by atoms with Crippen LogP contribution >= 0.6 is 0 Å². The van der Waals surface area contributed by atoms with Crippen LogP contribution in [0.15, 0.2) is 53.4 Å². The predicted octanol–water partition coefficient (Wildman–Crippen LogP) is 6.42. The molecular weight excluding hydrogens is 403 g/mol. The van der Waals surface area contributed by atoms with Crippen molar-refractivity contribution in [2.45, 2.75) is 54.4 Å². The molecule has 4 heterocycles. The van der Waals surface area contributed by atoms with Crippen LogP contribution in [-0.2, 0) is 6.42 Å². The third-order valence-electron chi connectivity index (χ3n) is 7.40. The fourth-order valence-corrected chi connectivity index (χ4v) is 6.04. The van der Waals surface area contributed by atoms with Crippen molar-refractivity contribution >= 4 is 29.2 Å². The van der Waals surface area contributed by atoms with Gasteiger partial charge < -0.3 is 17.6 Å². The van der Waals surface area contributed by atoms with Crippen LogP contribution in [0.1, 0.15) is 62.2 Å². The second-order valence-electron chi connectivity index (χ2n) is 8.87. The van der Waals surface area contributed by atoms with E-state index in [2.05, 4.69) is 4.98 Å². The third kappa shape index (κ3) is 2.46. The Morgan fingerprint density at radius 1 is 1.00 bits per heavy atom. The number of pyridine rings is 1. The van der Waals surface area contributed by atoms with Gasteiger partial charge in [-0.2, -0.15) is 0 Å². The van der Waals surface area contributed by atoms with Gasteiger partial charge in [0.25, 0.3) is 0 Å². The molecule has 6 heteroatoms. The number of aromatic nitrogens is 2. The van der Waals surface area contributed by atoms with E-state index in [0.29, 0.717) is 22.8 Å². The predicted molar refractivity (Wildman–Crippen MR) is 128 cm³/mol. The minimum absolute atomic E-state index is 0.637. The molecule has 0 bridgehead atoms. The van der Waals surface area contributed by atoms with E-state index in [-0.39, 0.29) is 0 Å². The van der Waals surface area contributed by atoms with Crippen LogP contribution in [0.2, 0.25) is 0 Å². The zero-order valence-corrected chi connectivity index (χ0v) is 19.6. The van der Waals surface area contributed by atoms with Crippen LogP contribution < -0.4 is 0 Å². The Bertz CT molecular complexity index is 1400. The van der Waals surface area contributed by atoms with E-state index in [1.807, 2.05) is 71.9 Å². The van der Waals surface area contributed by atoms with Gasteiger partial charge in [0.15, 0.2) is 5.70 Å². The fraction of sp³-hybridized carbons (Fsp3) is 0.308. The summed E-state index contributed by atoms with van der Waals surface area (Å²) < 4.78 is 35.3. The molecule has 0 amide bonds. The Hall–Kier alpha value is -3.02. The third-order valence-corrected chi connectivity index (χ3v) is 7.40. The van der Waals surface area contributed by atoms with Crippen molar-refractivity contribution in [1.82, 2.24) is 9.46 Å². The summed E-state index contributed by atoms with van der Waals surface area (Å²) in [5, 5.41) is 1.01. The average Bonchev–Trinajstić information content (AvgIpc) is 3.18. The van der Waals surface area contributed by atoms with Crippen molar-refractivity contribution in [2.24, 2.45) is 0 Å². The zero-order chi connectivity index (χ0) is 22.9. The van der Waals surface area contributed by atoms with Crippen molar-refractivity contribution in [3.63, 3.8) is 0 Å². The Balaban J connectivity index is 2.03. The van der Waals surface area contributed by atoms with Crippen molar-refractivity contribution in [3.8, 4) is 0 Å². The minimum atomic E-state index is -4.01. The van der Waals surface area contributed by atoms with Crippen molar-refractivity contribution in [3.05, 3.63) is 81.5 Å². The van der Waals surface area contributed by atoms with Gasteiger partial charge in [-0.1, -0.05) is 38.1 Å². The molecule has 3 aromatic rings. The molecule has 0 unspecified atom stereocenters. The topological polar surface area (TPSA) is 20.8 Å². The summed E-state index contributed by atoms with van der Waals surface area (Å²) in [5.41, 5.74) is 9.09. The van der Waals surface area contributed by atoms with E-state index in [9.17, 15) is 0 Å². The van der Waals surface area contributed by atoms with E-state index in [1.165, 1.54) is 8.96 Å². The SMILES string of the molecule is CCC1=C(C)C2=C(c3cccc4cccnc34)c3c(C)c(CC)c(C)n3[B-](F)(F)[N+]2=C1C. The lowest BCUT2D eigenvalue weighted by Gasteiger charge is -2.34.